The fourth-order valence-corrected chi connectivity index (χ4v) is 2.44. The van der Waals surface area contributed by atoms with E-state index < -0.39 is 35.8 Å². The summed E-state index contributed by atoms with van der Waals surface area (Å²) in [5, 5.41) is 7.62. The Kier molecular flexibility index (Phi) is 9.37. The molecule has 1 fully saturated rings. The average Bonchev–Trinajstić information content (AvgIpc) is 2.60. The third-order valence-electron chi connectivity index (χ3n) is 4.02. The lowest BCUT2D eigenvalue weighted by Gasteiger charge is -2.26. The molecule has 0 aromatic rings. The second-order valence-corrected chi connectivity index (χ2v) is 8.44. The van der Waals surface area contributed by atoms with Crippen LogP contribution in [0, 0.1) is 11.3 Å². The molecule has 0 aliphatic carbocycles. The first kappa shape index (κ1) is 23.9. The van der Waals surface area contributed by atoms with Gasteiger partial charge in [-0.1, -0.05) is 34.6 Å². The Labute approximate surface area is 166 Å². The van der Waals surface area contributed by atoms with Crippen molar-refractivity contribution in [2.75, 3.05) is 26.4 Å². The lowest BCUT2D eigenvalue weighted by atomic mass is 9.99. The van der Waals surface area contributed by atoms with Gasteiger partial charge in [-0.3, -0.25) is 14.4 Å². The van der Waals surface area contributed by atoms with E-state index in [-0.39, 0.29) is 31.0 Å². The van der Waals surface area contributed by atoms with Crippen LogP contribution in [-0.4, -0.2) is 62.1 Å². The van der Waals surface area contributed by atoms with Gasteiger partial charge in [0.25, 0.3) is 5.91 Å². The van der Waals surface area contributed by atoms with E-state index in [2.05, 4.69) is 16.0 Å². The smallest absolute Gasteiger partial charge is 0.407 e. The SMILES string of the molecule is CC(C)C(NC(=O)OCC(C)(C)C)C(=O)NC1CCOCCCNC(=O)C1=O. The molecule has 0 radical (unpaired) electrons. The molecule has 160 valence electrons. The molecular weight excluding hydrogens is 366 g/mol. The maximum absolute atomic E-state index is 12.7. The Balaban J connectivity index is 2.75. The lowest BCUT2D eigenvalue weighted by Crippen LogP contribution is -2.56. The van der Waals surface area contributed by atoms with Crippen LogP contribution >= 0.6 is 0 Å². The molecule has 0 aromatic carbocycles. The van der Waals surface area contributed by atoms with E-state index in [0.29, 0.717) is 19.6 Å². The highest BCUT2D eigenvalue weighted by Gasteiger charge is 2.32. The molecule has 3 amide bonds. The summed E-state index contributed by atoms with van der Waals surface area (Å²) >= 11 is 0. The second kappa shape index (κ2) is 11.0. The van der Waals surface area contributed by atoms with Crippen LogP contribution in [0.1, 0.15) is 47.5 Å². The molecule has 0 bridgehead atoms. The fourth-order valence-electron chi connectivity index (χ4n) is 2.44. The zero-order valence-corrected chi connectivity index (χ0v) is 17.4. The van der Waals surface area contributed by atoms with Gasteiger partial charge < -0.3 is 25.4 Å². The number of carbonyl (C=O) groups is 4. The van der Waals surface area contributed by atoms with E-state index in [9.17, 15) is 19.2 Å². The normalized spacial score (nSPS) is 20.1. The van der Waals surface area contributed by atoms with Crippen molar-refractivity contribution in [2.24, 2.45) is 11.3 Å². The molecule has 1 aliphatic rings. The minimum absolute atomic E-state index is 0.178. The lowest BCUT2D eigenvalue weighted by molar-refractivity contribution is -0.141. The number of hydrogen-bond acceptors (Lipinski definition) is 6. The molecule has 0 spiro atoms. The second-order valence-electron chi connectivity index (χ2n) is 8.44. The molecule has 1 rings (SSSR count). The first-order chi connectivity index (χ1) is 13.0. The van der Waals surface area contributed by atoms with E-state index in [4.69, 9.17) is 9.47 Å². The third-order valence-corrected chi connectivity index (χ3v) is 4.02. The van der Waals surface area contributed by atoms with Gasteiger partial charge in [-0.25, -0.2) is 4.79 Å². The van der Waals surface area contributed by atoms with Crippen LogP contribution in [0.4, 0.5) is 4.79 Å². The Bertz CT molecular complexity index is 571. The summed E-state index contributed by atoms with van der Waals surface area (Å²) in [6.07, 6.45) is 0.0886. The van der Waals surface area contributed by atoms with Gasteiger partial charge in [-0.05, 0) is 24.2 Å². The van der Waals surface area contributed by atoms with E-state index >= 15 is 0 Å². The summed E-state index contributed by atoms with van der Waals surface area (Å²) in [5.41, 5.74) is -0.206. The van der Waals surface area contributed by atoms with Crippen LogP contribution in [-0.2, 0) is 23.9 Å². The highest BCUT2D eigenvalue weighted by Crippen LogP contribution is 2.13. The number of ketones is 1. The summed E-state index contributed by atoms with van der Waals surface area (Å²) in [4.78, 5) is 49.0. The Morgan fingerprint density at radius 1 is 1.25 bits per heavy atom. The van der Waals surface area contributed by atoms with Crippen molar-refractivity contribution in [3.8, 4) is 0 Å². The molecule has 1 heterocycles. The van der Waals surface area contributed by atoms with Gasteiger partial charge in [0.1, 0.15) is 6.04 Å². The van der Waals surface area contributed by atoms with Gasteiger partial charge in [0.2, 0.25) is 11.7 Å². The van der Waals surface area contributed by atoms with Crippen molar-refractivity contribution in [3.63, 3.8) is 0 Å². The number of rotatable bonds is 5. The summed E-state index contributed by atoms with van der Waals surface area (Å²) < 4.78 is 10.5. The van der Waals surface area contributed by atoms with Crippen LogP contribution in [0.15, 0.2) is 0 Å². The molecule has 0 saturated carbocycles. The van der Waals surface area contributed by atoms with Gasteiger partial charge in [-0.15, -0.1) is 0 Å². The maximum atomic E-state index is 12.7. The van der Waals surface area contributed by atoms with Crippen molar-refractivity contribution >= 4 is 23.7 Å². The topological polar surface area (TPSA) is 123 Å². The molecule has 1 saturated heterocycles. The van der Waals surface area contributed by atoms with Crippen molar-refractivity contribution in [3.05, 3.63) is 0 Å². The summed E-state index contributed by atoms with van der Waals surface area (Å²) in [7, 11) is 0. The molecule has 2 atom stereocenters. The van der Waals surface area contributed by atoms with Crippen molar-refractivity contribution in [2.45, 2.75) is 59.5 Å². The van der Waals surface area contributed by atoms with Crippen LogP contribution in [0.3, 0.4) is 0 Å². The van der Waals surface area contributed by atoms with E-state index in [0.717, 1.165) is 0 Å². The van der Waals surface area contributed by atoms with Crippen LogP contribution in [0.5, 0.6) is 0 Å². The average molecular weight is 399 g/mol. The minimum atomic E-state index is -1.01. The van der Waals surface area contributed by atoms with Gasteiger partial charge >= 0.3 is 6.09 Å². The van der Waals surface area contributed by atoms with Gasteiger partial charge in [0.15, 0.2) is 0 Å². The van der Waals surface area contributed by atoms with Gasteiger partial charge in [0.05, 0.1) is 12.6 Å². The number of Topliss-reactive ketones (excluding diaryl/α,β-unsaturated/α-hetero) is 1. The molecule has 0 aromatic heterocycles. The predicted molar refractivity (Wildman–Crippen MR) is 103 cm³/mol. The van der Waals surface area contributed by atoms with E-state index in [1.807, 2.05) is 20.8 Å². The fraction of sp³-hybridized carbons (Fsp3) is 0.789. The van der Waals surface area contributed by atoms with Gasteiger partial charge in [0, 0.05) is 19.8 Å². The molecule has 9 nitrogen and oxygen atoms in total. The monoisotopic (exact) mass is 399 g/mol. The number of nitrogens with one attached hydrogen (secondary N) is 3. The predicted octanol–water partition coefficient (Wildman–Crippen LogP) is 0.764. The van der Waals surface area contributed by atoms with Crippen molar-refractivity contribution < 1.29 is 28.7 Å². The minimum Gasteiger partial charge on any atom is -0.449 e. The highest BCUT2D eigenvalue weighted by atomic mass is 16.5. The van der Waals surface area contributed by atoms with Crippen LogP contribution in [0.25, 0.3) is 0 Å². The first-order valence-corrected chi connectivity index (χ1v) is 9.64. The number of carbonyl (C=O) groups excluding carboxylic acids is 4. The molecule has 9 heteroatoms. The zero-order valence-electron chi connectivity index (χ0n) is 17.4. The van der Waals surface area contributed by atoms with Crippen LogP contribution in [0.2, 0.25) is 0 Å². The molecule has 1 aliphatic heterocycles. The van der Waals surface area contributed by atoms with E-state index in [1.165, 1.54) is 0 Å². The van der Waals surface area contributed by atoms with Crippen molar-refractivity contribution in [1.29, 1.82) is 0 Å². The van der Waals surface area contributed by atoms with Gasteiger partial charge in [-0.2, -0.15) is 0 Å². The highest BCUT2D eigenvalue weighted by molar-refractivity contribution is 6.38. The summed E-state index contributed by atoms with van der Waals surface area (Å²) in [6, 6.07) is -1.92. The summed E-state index contributed by atoms with van der Waals surface area (Å²) in [6.45, 7) is 10.5. The van der Waals surface area contributed by atoms with E-state index in [1.54, 1.807) is 13.8 Å². The quantitative estimate of drug-likeness (QED) is 0.587. The molecular formula is C19H33N3O6. The Morgan fingerprint density at radius 3 is 2.54 bits per heavy atom. The maximum Gasteiger partial charge on any atom is 0.407 e. The van der Waals surface area contributed by atoms with Crippen LogP contribution < -0.4 is 16.0 Å². The first-order valence-electron chi connectivity index (χ1n) is 9.64. The molecule has 3 N–H and O–H groups in total. The number of alkyl carbamates (subject to hydrolysis) is 1. The molecule has 28 heavy (non-hydrogen) atoms. The Hall–Kier alpha value is -2.16. The third kappa shape index (κ3) is 8.69. The zero-order chi connectivity index (χ0) is 21.3. The number of hydrogen-bond donors (Lipinski definition) is 3. The number of ether oxygens (including phenoxy) is 2. The largest absolute Gasteiger partial charge is 0.449 e. The molecule has 2 unspecified atom stereocenters. The number of amides is 3. The standard InChI is InChI=1S/C19H33N3O6/c1-12(2)14(22-18(26)28-11-19(3,4)5)16(24)21-13-7-10-27-9-6-8-20-17(25)15(13)23/h12-14H,6-11H2,1-5H3,(H,20,25)(H,21,24)(H,22,26). The summed E-state index contributed by atoms with van der Waals surface area (Å²) in [5.74, 6) is -2.25. The van der Waals surface area contributed by atoms with Crippen molar-refractivity contribution in [1.82, 2.24) is 16.0 Å². The Morgan fingerprint density at radius 2 is 1.93 bits per heavy atom.